The van der Waals surface area contributed by atoms with Gasteiger partial charge in [-0.1, -0.05) is 0 Å². The summed E-state index contributed by atoms with van der Waals surface area (Å²) >= 11 is 0. The van der Waals surface area contributed by atoms with Gasteiger partial charge in [0.05, 0.1) is 11.9 Å². The molecule has 0 aliphatic carbocycles. The molecule has 1 atom stereocenters. The van der Waals surface area contributed by atoms with Gasteiger partial charge in [-0.05, 0) is 6.08 Å². The van der Waals surface area contributed by atoms with Gasteiger partial charge in [-0.2, -0.15) is 0 Å². The van der Waals surface area contributed by atoms with Gasteiger partial charge in [0.2, 0.25) is 0 Å². The van der Waals surface area contributed by atoms with Crippen molar-refractivity contribution in [3.63, 3.8) is 0 Å². The lowest BCUT2D eigenvalue weighted by atomic mass is 10.2. The van der Waals surface area contributed by atoms with Crippen LogP contribution in [0.1, 0.15) is 0 Å². The molecular weight excluding hydrogens is 114 g/mol. The Morgan fingerprint density at radius 3 is 3.33 bits per heavy atom. The molecule has 0 bridgehead atoms. The van der Waals surface area contributed by atoms with E-state index in [0.717, 1.165) is 5.71 Å². The molecular formula is C6H5N3. The van der Waals surface area contributed by atoms with Crippen molar-refractivity contribution in [1.29, 1.82) is 0 Å². The third-order valence-electron chi connectivity index (χ3n) is 1.30. The number of hydrogen-bond acceptors (Lipinski definition) is 3. The Morgan fingerprint density at radius 1 is 1.44 bits per heavy atom. The first kappa shape index (κ1) is 4.61. The minimum atomic E-state index is 0.155. The van der Waals surface area contributed by atoms with Crippen LogP contribution >= 0.6 is 0 Å². The quantitative estimate of drug-likeness (QED) is 0.443. The summed E-state index contributed by atoms with van der Waals surface area (Å²) in [6, 6.07) is 0.155. The van der Waals surface area contributed by atoms with Crippen LogP contribution in [0.2, 0.25) is 0 Å². The van der Waals surface area contributed by atoms with Crippen LogP contribution in [0.4, 0.5) is 0 Å². The Hall–Kier alpha value is -1.25. The predicted molar refractivity (Wildman–Crippen MR) is 37.3 cm³/mol. The molecule has 0 N–H and O–H groups in total. The van der Waals surface area contributed by atoms with E-state index in [0.29, 0.717) is 0 Å². The van der Waals surface area contributed by atoms with Crippen molar-refractivity contribution < 1.29 is 0 Å². The molecule has 0 radical (unpaired) electrons. The highest BCUT2D eigenvalue weighted by molar-refractivity contribution is 6.36. The van der Waals surface area contributed by atoms with E-state index in [1.54, 1.807) is 18.8 Å². The Bertz CT molecular complexity index is 235. The van der Waals surface area contributed by atoms with Crippen LogP contribution in [0.5, 0.6) is 0 Å². The summed E-state index contributed by atoms with van der Waals surface area (Å²) in [5.41, 5.74) is 0.942. The molecule has 44 valence electrons. The highest BCUT2D eigenvalue weighted by Crippen LogP contribution is 2.06. The highest BCUT2D eigenvalue weighted by Gasteiger charge is 2.13. The predicted octanol–water partition coefficient (Wildman–Crippen LogP) is 0.436. The summed E-state index contributed by atoms with van der Waals surface area (Å²) in [5, 5.41) is 0. The standard InChI is InChI=1S/C6H5N3/c1-2-8-6-3-7-4-9-5(1)6/h1-5H. The smallest absolute Gasteiger partial charge is 0.115 e. The SMILES string of the molecule is C1=CC2N=CN=CC2=N1. The van der Waals surface area contributed by atoms with Crippen LogP contribution in [-0.4, -0.2) is 24.3 Å². The van der Waals surface area contributed by atoms with Gasteiger partial charge in [0.15, 0.2) is 0 Å². The van der Waals surface area contributed by atoms with Crippen molar-refractivity contribution in [2.75, 3.05) is 0 Å². The van der Waals surface area contributed by atoms with E-state index in [4.69, 9.17) is 0 Å². The summed E-state index contributed by atoms with van der Waals surface area (Å²) in [5.74, 6) is 0. The topological polar surface area (TPSA) is 37.1 Å². The molecule has 1 unspecified atom stereocenters. The molecule has 0 aromatic rings. The monoisotopic (exact) mass is 119 g/mol. The minimum absolute atomic E-state index is 0.155. The van der Waals surface area contributed by atoms with Crippen molar-refractivity contribution >= 4 is 18.3 Å². The molecule has 0 aromatic carbocycles. The lowest BCUT2D eigenvalue weighted by Gasteiger charge is -2.02. The summed E-state index contributed by atoms with van der Waals surface area (Å²) in [6.45, 7) is 0. The van der Waals surface area contributed by atoms with Crippen molar-refractivity contribution in [1.82, 2.24) is 0 Å². The number of nitrogens with zero attached hydrogens (tertiary/aromatic N) is 3. The second-order valence-electron chi connectivity index (χ2n) is 1.88. The molecule has 0 amide bonds. The third-order valence-corrected chi connectivity index (χ3v) is 1.30. The van der Waals surface area contributed by atoms with Crippen LogP contribution in [-0.2, 0) is 0 Å². The molecule has 3 heteroatoms. The molecule has 0 aromatic heterocycles. The average molecular weight is 119 g/mol. The lowest BCUT2D eigenvalue weighted by Crippen LogP contribution is -2.17. The summed E-state index contributed by atoms with van der Waals surface area (Å²) in [6.07, 6.45) is 6.99. The van der Waals surface area contributed by atoms with E-state index in [9.17, 15) is 0 Å². The van der Waals surface area contributed by atoms with Gasteiger partial charge in [0.25, 0.3) is 0 Å². The van der Waals surface area contributed by atoms with E-state index >= 15 is 0 Å². The first-order valence-electron chi connectivity index (χ1n) is 2.76. The molecule has 2 heterocycles. The molecule has 0 fully saturated rings. The van der Waals surface area contributed by atoms with E-state index in [1.165, 1.54) is 0 Å². The van der Waals surface area contributed by atoms with Crippen LogP contribution in [0.3, 0.4) is 0 Å². The van der Waals surface area contributed by atoms with Crippen LogP contribution < -0.4 is 0 Å². The first-order chi connectivity index (χ1) is 4.47. The zero-order chi connectivity index (χ0) is 6.10. The molecule has 0 saturated heterocycles. The lowest BCUT2D eigenvalue weighted by molar-refractivity contribution is 1.11. The van der Waals surface area contributed by atoms with Gasteiger partial charge in [-0.3, -0.25) is 9.98 Å². The van der Waals surface area contributed by atoms with Gasteiger partial charge < -0.3 is 0 Å². The fourth-order valence-electron chi connectivity index (χ4n) is 0.841. The fraction of sp³-hybridized carbons (Fsp3) is 0.167. The van der Waals surface area contributed by atoms with E-state index in [-0.39, 0.29) is 6.04 Å². The summed E-state index contributed by atoms with van der Waals surface area (Å²) in [7, 11) is 0. The van der Waals surface area contributed by atoms with Crippen LogP contribution in [0, 0.1) is 0 Å². The van der Waals surface area contributed by atoms with Crippen molar-refractivity contribution in [3.8, 4) is 0 Å². The molecule has 0 saturated carbocycles. The number of rotatable bonds is 0. The number of aliphatic imine (C=N–C) groups is 3. The molecule has 2 aliphatic heterocycles. The zero-order valence-corrected chi connectivity index (χ0v) is 4.73. The highest BCUT2D eigenvalue weighted by atomic mass is 15.0. The third kappa shape index (κ3) is 0.614. The van der Waals surface area contributed by atoms with Crippen LogP contribution in [0.25, 0.3) is 0 Å². The molecule has 0 spiro atoms. The maximum Gasteiger partial charge on any atom is 0.115 e. The van der Waals surface area contributed by atoms with Gasteiger partial charge in [-0.15, -0.1) is 0 Å². The Labute approximate surface area is 52.5 Å². The van der Waals surface area contributed by atoms with Crippen molar-refractivity contribution in [2.45, 2.75) is 6.04 Å². The normalized spacial score (nSPS) is 28.4. The Morgan fingerprint density at radius 2 is 2.44 bits per heavy atom. The second kappa shape index (κ2) is 1.62. The zero-order valence-electron chi connectivity index (χ0n) is 4.73. The molecule has 2 aliphatic rings. The molecule has 9 heavy (non-hydrogen) atoms. The summed E-state index contributed by atoms with van der Waals surface area (Å²) in [4.78, 5) is 11.9. The van der Waals surface area contributed by atoms with Crippen LogP contribution in [0.15, 0.2) is 27.3 Å². The Kier molecular flexibility index (Phi) is 0.828. The minimum Gasteiger partial charge on any atom is -0.259 e. The first-order valence-corrected chi connectivity index (χ1v) is 2.76. The van der Waals surface area contributed by atoms with Gasteiger partial charge >= 0.3 is 0 Å². The van der Waals surface area contributed by atoms with Gasteiger partial charge in [0.1, 0.15) is 12.4 Å². The summed E-state index contributed by atoms with van der Waals surface area (Å²) < 4.78 is 0. The van der Waals surface area contributed by atoms with E-state index in [2.05, 4.69) is 15.0 Å². The van der Waals surface area contributed by atoms with Gasteiger partial charge in [0, 0.05) is 6.20 Å². The van der Waals surface area contributed by atoms with E-state index < -0.39 is 0 Å². The van der Waals surface area contributed by atoms with Crippen molar-refractivity contribution in [3.05, 3.63) is 12.3 Å². The average Bonchev–Trinajstić information content (AvgIpc) is 2.33. The Balaban J connectivity index is 2.40. The number of hydrogen-bond donors (Lipinski definition) is 0. The van der Waals surface area contributed by atoms with E-state index in [1.807, 2.05) is 6.08 Å². The maximum absolute atomic E-state index is 4.05. The molecule has 2 rings (SSSR count). The number of fused-ring (bicyclic) bond motifs is 1. The fourth-order valence-corrected chi connectivity index (χ4v) is 0.841. The van der Waals surface area contributed by atoms with Crippen molar-refractivity contribution in [2.24, 2.45) is 15.0 Å². The maximum atomic E-state index is 4.05. The largest absolute Gasteiger partial charge is 0.259 e. The van der Waals surface area contributed by atoms with Gasteiger partial charge in [-0.25, -0.2) is 4.99 Å². The molecule has 3 nitrogen and oxygen atoms in total. The second-order valence-corrected chi connectivity index (χ2v) is 1.88.